The zero-order valence-electron chi connectivity index (χ0n) is 10.3. The van der Waals surface area contributed by atoms with Gasteiger partial charge in [-0.3, -0.25) is 4.90 Å². The van der Waals surface area contributed by atoms with E-state index in [1.165, 1.54) is 0 Å². The zero-order valence-corrected chi connectivity index (χ0v) is 10.3. The number of carbonyl (C=O) groups is 1. The molecular formula is C11H21N3O3. The molecule has 0 spiro atoms. The van der Waals surface area contributed by atoms with Crippen LogP contribution in [0.1, 0.15) is 13.3 Å². The van der Waals surface area contributed by atoms with Crippen molar-refractivity contribution in [1.29, 1.82) is 0 Å². The number of morpholine rings is 1. The fourth-order valence-corrected chi connectivity index (χ4v) is 2.28. The standard InChI is InChI=1S/C11H21N3O3/c1-9(15)14-3-2-10(8-14)12-11(16)13-4-6-17-7-5-13/h9-10,15H,2-8H2,1H3,(H,12,16). The molecule has 2 N–H and O–H groups in total. The van der Waals surface area contributed by atoms with Crippen molar-refractivity contribution in [2.75, 3.05) is 39.4 Å². The number of nitrogens with zero attached hydrogens (tertiary/aromatic N) is 2. The van der Waals surface area contributed by atoms with E-state index >= 15 is 0 Å². The van der Waals surface area contributed by atoms with Crippen molar-refractivity contribution in [3.8, 4) is 0 Å². The van der Waals surface area contributed by atoms with Gasteiger partial charge in [-0.15, -0.1) is 0 Å². The van der Waals surface area contributed by atoms with Gasteiger partial charge >= 0.3 is 6.03 Å². The van der Waals surface area contributed by atoms with Gasteiger partial charge in [0.1, 0.15) is 6.23 Å². The van der Waals surface area contributed by atoms with E-state index in [4.69, 9.17) is 4.74 Å². The Bertz CT molecular complexity index is 267. The molecule has 2 atom stereocenters. The van der Waals surface area contributed by atoms with Crippen molar-refractivity contribution in [2.24, 2.45) is 0 Å². The van der Waals surface area contributed by atoms with Crippen LogP contribution >= 0.6 is 0 Å². The summed E-state index contributed by atoms with van der Waals surface area (Å²) in [5, 5.41) is 12.5. The second-order valence-corrected chi connectivity index (χ2v) is 4.66. The third-order valence-corrected chi connectivity index (χ3v) is 3.37. The molecule has 0 aromatic heterocycles. The lowest BCUT2D eigenvalue weighted by molar-refractivity contribution is 0.0345. The highest BCUT2D eigenvalue weighted by molar-refractivity contribution is 5.74. The van der Waals surface area contributed by atoms with E-state index in [1.54, 1.807) is 11.8 Å². The van der Waals surface area contributed by atoms with Crippen LogP contribution in [-0.2, 0) is 4.74 Å². The second-order valence-electron chi connectivity index (χ2n) is 4.66. The van der Waals surface area contributed by atoms with E-state index in [0.717, 1.165) is 19.5 Å². The van der Waals surface area contributed by atoms with Gasteiger partial charge in [0, 0.05) is 32.2 Å². The highest BCUT2D eigenvalue weighted by Crippen LogP contribution is 2.11. The minimum Gasteiger partial charge on any atom is -0.379 e. The van der Waals surface area contributed by atoms with Gasteiger partial charge in [-0.1, -0.05) is 0 Å². The van der Waals surface area contributed by atoms with Crippen LogP contribution in [0.2, 0.25) is 0 Å². The lowest BCUT2D eigenvalue weighted by Crippen LogP contribution is -2.50. The number of amides is 2. The van der Waals surface area contributed by atoms with Gasteiger partial charge in [-0.05, 0) is 13.3 Å². The summed E-state index contributed by atoms with van der Waals surface area (Å²) in [4.78, 5) is 15.7. The maximum absolute atomic E-state index is 11.9. The van der Waals surface area contributed by atoms with Crippen molar-refractivity contribution in [1.82, 2.24) is 15.1 Å². The van der Waals surface area contributed by atoms with Crippen molar-refractivity contribution < 1.29 is 14.6 Å². The first-order valence-electron chi connectivity index (χ1n) is 6.22. The average molecular weight is 243 g/mol. The molecule has 0 saturated carbocycles. The Labute approximate surface area is 102 Å². The van der Waals surface area contributed by atoms with E-state index in [2.05, 4.69) is 5.32 Å². The fraction of sp³-hybridized carbons (Fsp3) is 0.909. The molecular weight excluding hydrogens is 222 g/mol. The van der Waals surface area contributed by atoms with Crippen LogP contribution in [0.4, 0.5) is 4.79 Å². The van der Waals surface area contributed by atoms with Crippen LogP contribution in [0.25, 0.3) is 0 Å². The molecule has 6 nitrogen and oxygen atoms in total. The number of nitrogens with one attached hydrogen (secondary N) is 1. The molecule has 17 heavy (non-hydrogen) atoms. The summed E-state index contributed by atoms with van der Waals surface area (Å²) in [6.07, 6.45) is 0.473. The maximum atomic E-state index is 11.9. The summed E-state index contributed by atoms with van der Waals surface area (Å²) in [6, 6.07) is 0.144. The average Bonchev–Trinajstić information content (AvgIpc) is 2.79. The first-order chi connectivity index (χ1) is 8.16. The van der Waals surface area contributed by atoms with Gasteiger partial charge in [0.05, 0.1) is 13.2 Å². The SMILES string of the molecule is CC(O)N1CCC(NC(=O)N2CCOCC2)C1. The van der Waals surface area contributed by atoms with Crippen LogP contribution in [0.3, 0.4) is 0 Å². The molecule has 0 aromatic rings. The van der Waals surface area contributed by atoms with Gasteiger partial charge in [0.2, 0.25) is 0 Å². The lowest BCUT2D eigenvalue weighted by Gasteiger charge is -2.28. The molecule has 0 bridgehead atoms. The predicted molar refractivity (Wildman–Crippen MR) is 62.6 cm³/mol. The molecule has 2 aliphatic heterocycles. The Morgan fingerprint density at radius 2 is 2.12 bits per heavy atom. The molecule has 2 unspecified atom stereocenters. The molecule has 2 rings (SSSR count). The zero-order chi connectivity index (χ0) is 12.3. The summed E-state index contributed by atoms with van der Waals surface area (Å²) in [5.74, 6) is 0. The number of hydrogen-bond donors (Lipinski definition) is 2. The van der Waals surface area contributed by atoms with Gasteiger partial charge in [-0.2, -0.15) is 0 Å². The third kappa shape index (κ3) is 3.31. The van der Waals surface area contributed by atoms with E-state index in [0.29, 0.717) is 26.3 Å². The molecule has 0 aromatic carbocycles. The van der Waals surface area contributed by atoms with E-state index in [-0.39, 0.29) is 12.1 Å². The Morgan fingerprint density at radius 3 is 2.71 bits per heavy atom. The molecule has 2 aliphatic rings. The van der Waals surface area contributed by atoms with Gasteiger partial charge in [0.15, 0.2) is 0 Å². The number of aliphatic hydroxyl groups is 1. The number of likely N-dealkylation sites (tertiary alicyclic amines) is 1. The largest absolute Gasteiger partial charge is 0.379 e. The molecule has 2 saturated heterocycles. The molecule has 98 valence electrons. The van der Waals surface area contributed by atoms with Crippen molar-refractivity contribution >= 4 is 6.03 Å². The van der Waals surface area contributed by atoms with Crippen molar-refractivity contribution in [3.63, 3.8) is 0 Å². The Kier molecular flexibility index (Phi) is 4.20. The highest BCUT2D eigenvalue weighted by Gasteiger charge is 2.27. The van der Waals surface area contributed by atoms with E-state index in [9.17, 15) is 9.90 Å². The molecule has 0 radical (unpaired) electrons. The Morgan fingerprint density at radius 1 is 1.41 bits per heavy atom. The normalized spacial score (nSPS) is 28.1. The van der Waals surface area contributed by atoms with Crippen LogP contribution in [0.15, 0.2) is 0 Å². The first kappa shape index (κ1) is 12.6. The summed E-state index contributed by atoms with van der Waals surface area (Å²) < 4.78 is 5.21. The Hall–Kier alpha value is -0.850. The third-order valence-electron chi connectivity index (χ3n) is 3.37. The van der Waals surface area contributed by atoms with E-state index < -0.39 is 6.23 Å². The Balaban J connectivity index is 1.75. The summed E-state index contributed by atoms with van der Waals surface area (Å²) in [7, 11) is 0. The minimum absolute atomic E-state index is 0.00857. The molecule has 6 heteroatoms. The van der Waals surface area contributed by atoms with Crippen LogP contribution in [-0.4, -0.2) is 72.6 Å². The second kappa shape index (κ2) is 5.66. The summed E-state index contributed by atoms with van der Waals surface area (Å²) in [6.45, 7) is 5.90. The van der Waals surface area contributed by atoms with Crippen LogP contribution < -0.4 is 5.32 Å². The highest BCUT2D eigenvalue weighted by atomic mass is 16.5. The fourth-order valence-electron chi connectivity index (χ4n) is 2.28. The maximum Gasteiger partial charge on any atom is 0.317 e. The number of rotatable bonds is 2. The quantitative estimate of drug-likeness (QED) is 0.682. The molecule has 0 aliphatic carbocycles. The summed E-state index contributed by atoms with van der Waals surface area (Å²) >= 11 is 0. The van der Waals surface area contributed by atoms with Crippen LogP contribution in [0.5, 0.6) is 0 Å². The minimum atomic E-state index is -0.430. The van der Waals surface area contributed by atoms with Gasteiger partial charge < -0.3 is 20.1 Å². The van der Waals surface area contributed by atoms with Gasteiger partial charge in [0.25, 0.3) is 0 Å². The molecule has 2 amide bonds. The van der Waals surface area contributed by atoms with Crippen molar-refractivity contribution in [3.05, 3.63) is 0 Å². The van der Waals surface area contributed by atoms with Crippen molar-refractivity contribution in [2.45, 2.75) is 25.6 Å². The van der Waals surface area contributed by atoms with Crippen LogP contribution in [0, 0.1) is 0 Å². The monoisotopic (exact) mass is 243 g/mol. The number of hydrogen-bond acceptors (Lipinski definition) is 4. The van der Waals surface area contributed by atoms with Gasteiger partial charge in [-0.25, -0.2) is 4.79 Å². The summed E-state index contributed by atoms with van der Waals surface area (Å²) in [5.41, 5.74) is 0. The van der Waals surface area contributed by atoms with E-state index in [1.807, 2.05) is 4.90 Å². The number of carbonyl (C=O) groups excluding carboxylic acids is 1. The molecule has 2 heterocycles. The first-order valence-corrected chi connectivity index (χ1v) is 6.22. The lowest BCUT2D eigenvalue weighted by atomic mass is 10.3. The number of ether oxygens (including phenoxy) is 1. The predicted octanol–water partition coefficient (Wildman–Crippen LogP) is -0.559. The smallest absolute Gasteiger partial charge is 0.317 e. The number of urea groups is 1. The topological polar surface area (TPSA) is 65.0 Å². The molecule has 2 fully saturated rings. The number of aliphatic hydroxyl groups excluding tert-OH is 1.